The molecule has 1 fully saturated rings. The molecule has 3 heterocycles. The number of fused-ring (bicyclic) bond motifs is 1. The number of nitrogens with zero attached hydrogens (tertiary/aromatic N) is 3. The quantitative estimate of drug-likeness (QED) is 0.554. The average molecular weight is 436 g/mol. The minimum absolute atomic E-state index is 0.0578. The summed E-state index contributed by atoms with van der Waals surface area (Å²) in [6.45, 7) is 5.33. The Kier molecular flexibility index (Phi) is 6.28. The van der Waals surface area contributed by atoms with Gasteiger partial charge < -0.3 is 18.9 Å². The third-order valence-electron chi connectivity index (χ3n) is 6.02. The lowest BCUT2D eigenvalue weighted by molar-refractivity contribution is -0.00158. The summed E-state index contributed by atoms with van der Waals surface area (Å²) >= 11 is 0. The molecule has 2 aromatic heterocycles. The number of morpholine rings is 1. The van der Waals surface area contributed by atoms with Gasteiger partial charge in [0.1, 0.15) is 0 Å². The minimum Gasteiger partial charge on any atom is -0.481 e. The molecule has 7 heteroatoms. The Morgan fingerprint density at radius 1 is 1.22 bits per heavy atom. The van der Waals surface area contributed by atoms with E-state index in [1.807, 2.05) is 44.0 Å². The van der Waals surface area contributed by atoms with Gasteiger partial charge in [-0.15, -0.1) is 0 Å². The maximum absolute atomic E-state index is 13.2. The van der Waals surface area contributed by atoms with Crippen molar-refractivity contribution in [2.75, 3.05) is 26.9 Å². The molecule has 3 aromatic rings. The Hall–Kier alpha value is -3.19. The van der Waals surface area contributed by atoms with E-state index in [0.29, 0.717) is 37.6 Å². The van der Waals surface area contributed by atoms with Gasteiger partial charge in [0.15, 0.2) is 5.78 Å². The van der Waals surface area contributed by atoms with Crippen molar-refractivity contribution in [3.63, 3.8) is 0 Å². The molecular formula is C25H29N3O4. The Morgan fingerprint density at radius 3 is 2.69 bits per heavy atom. The normalized spacial score (nSPS) is 16.5. The number of hydrogen-bond acceptors (Lipinski definition) is 5. The van der Waals surface area contributed by atoms with Crippen LogP contribution in [0.5, 0.6) is 5.88 Å². The topological polar surface area (TPSA) is 73.7 Å². The highest BCUT2D eigenvalue weighted by Gasteiger charge is 2.29. The van der Waals surface area contributed by atoms with Gasteiger partial charge >= 0.3 is 0 Å². The molecule has 4 rings (SSSR count). The average Bonchev–Trinajstić information content (AvgIpc) is 3.13. The molecule has 1 amide bonds. The lowest BCUT2D eigenvalue weighted by Gasteiger charge is -2.35. The molecule has 0 bridgehead atoms. The van der Waals surface area contributed by atoms with Gasteiger partial charge in [-0.1, -0.05) is 13.8 Å². The predicted octanol–water partition coefficient (Wildman–Crippen LogP) is 3.50. The van der Waals surface area contributed by atoms with Crippen molar-refractivity contribution in [3.8, 4) is 5.88 Å². The van der Waals surface area contributed by atoms with Crippen molar-refractivity contribution in [1.82, 2.24) is 14.5 Å². The summed E-state index contributed by atoms with van der Waals surface area (Å²) in [5.74, 6) is 0.482. The van der Waals surface area contributed by atoms with Crippen molar-refractivity contribution in [1.29, 1.82) is 0 Å². The molecule has 1 aromatic carbocycles. The second kappa shape index (κ2) is 9.12. The first-order chi connectivity index (χ1) is 15.4. The van der Waals surface area contributed by atoms with Crippen LogP contribution in [0.4, 0.5) is 0 Å². The molecule has 0 unspecified atom stereocenters. The van der Waals surface area contributed by atoms with E-state index in [4.69, 9.17) is 9.47 Å². The van der Waals surface area contributed by atoms with Crippen LogP contribution < -0.4 is 4.74 Å². The van der Waals surface area contributed by atoms with Crippen LogP contribution in [0.25, 0.3) is 10.9 Å². The number of carbonyl (C=O) groups excluding carboxylic acids is 2. The summed E-state index contributed by atoms with van der Waals surface area (Å²) in [6, 6.07) is 9.20. The summed E-state index contributed by atoms with van der Waals surface area (Å²) < 4.78 is 12.9. The second-order valence-electron chi connectivity index (χ2n) is 8.54. The Balaban J connectivity index is 1.63. The molecule has 1 aliphatic heterocycles. The van der Waals surface area contributed by atoms with E-state index in [1.54, 1.807) is 25.4 Å². The molecular weight excluding hydrogens is 406 g/mol. The Bertz CT molecular complexity index is 1130. The number of hydrogen-bond donors (Lipinski definition) is 0. The number of pyridine rings is 1. The number of ether oxygens (including phenoxy) is 2. The van der Waals surface area contributed by atoms with Crippen LogP contribution in [-0.2, 0) is 18.2 Å². The standard InChI is InChI=1S/C25H29N3O4/c1-16(2)24(29)17-5-7-22-21(12-17)19(14-27(22)3)11-20-15-32-10-9-28(20)25(30)18-6-8-23(31-4)26-13-18/h5-8,12-14,16,20H,9-11,15H2,1-4H3/t20-/m0/s1. The molecule has 0 radical (unpaired) electrons. The Morgan fingerprint density at radius 2 is 2.00 bits per heavy atom. The van der Waals surface area contributed by atoms with Crippen molar-refractivity contribution >= 4 is 22.6 Å². The summed E-state index contributed by atoms with van der Waals surface area (Å²) in [7, 11) is 3.55. The van der Waals surface area contributed by atoms with Crippen molar-refractivity contribution < 1.29 is 19.1 Å². The number of benzene rings is 1. The minimum atomic E-state index is -0.103. The van der Waals surface area contributed by atoms with Gasteiger partial charge in [0.05, 0.1) is 31.9 Å². The zero-order chi connectivity index (χ0) is 22.8. The SMILES string of the molecule is COc1ccc(C(=O)N2CCOC[C@@H]2Cc2cn(C)c3ccc(C(=O)C(C)C)cc23)cn1. The van der Waals surface area contributed by atoms with Crippen LogP contribution in [0.3, 0.4) is 0 Å². The fourth-order valence-electron chi connectivity index (χ4n) is 4.26. The fraction of sp³-hybridized carbons (Fsp3) is 0.400. The van der Waals surface area contributed by atoms with E-state index in [0.717, 1.165) is 22.0 Å². The molecule has 0 aliphatic carbocycles. The van der Waals surface area contributed by atoms with Crippen molar-refractivity contribution in [3.05, 3.63) is 59.4 Å². The van der Waals surface area contributed by atoms with Crippen molar-refractivity contribution in [2.24, 2.45) is 13.0 Å². The number of carbonyl (C=O) groups is 2. The largest absolute Gasteiger partial charge is 0.481 e. The summed E-state index contributed by atoms with van der Waals surface area (Å²) in [4.78, 5) is 31.8. The lowest BCUT2D eigenvalue weighted by atomic mass is 9.97. The van der Waals surface area contributed by atoms with E-state index in [-0.39, 0.29) is 23.7 Å². The van der Waals surface area contributed by atoms with Crippen LogP contribution in [0, 0.1) is 5.92 Å². The first kappa shape index (κ1) is 22.0. The molecule has 1 aliphatic rings. The lowest BCUT2D eigenvalue weighted by Crippen LogP contribution is -2.49. The van der Waals surface area contributed by atoms with Gasteiger partial charge in [-0.2, -0.15) is 0 Å². The first-order valence-corrected chi connectivity index (χ1v) is 10.9. The van der Waals surface area contributed by atoms with Crippen LogP contribution >= 0.6 is 0 Å². The predicted molar refractivity (Wildman–Crippen MR) is 122 cm³/mol. The van der Waals surface area contributed by atoms with Gasteiger partial charge in [0, 0.05) is 54.4 Å². The molecule has 7 nitrogen and oxygen atoms in total. The summed E-state index contributed by atoms with van der Waals surface area (Å²) in [5, 5.41) is 1.04. The molecule has 168 valence electrons. The molecule has 0 N–H and O–H groups in total. The Labute approximate surface area is 187 Å². The number of Topliss-reactive ketones (excluding diaryl/α,β-unsaturated/α-hetero) is 1. The number of aromatic nitrogens is 2. The highest BCUT2D eigenvalue weighted by Crippen LogP contribution is 2.27. The van der Waals surface area contributed by atoms with E-state index in [9.17, 15) is 9.59 Å². The van der Waals surface area contributed by atoms with E-state index in [1.165, 1.54) is 0 Å². The number of ketones is 1. The monoisotopic (exact) mass is 435 g/mol. The summed E-state index contributed by atoms with van der Waals surface area (Å²) in [5.41, 5.74) is 3.41. The zero-order valence-electron chi connectivity index (χ0n) is 19.0. The van der Waals surface area contributed by atoms with E-state index < -0.39 is 0 Å². The maximum atomic E-state index is 13.2. The second-order valence-corrected chi connectivity index (χ2v) is 8.54. The van der Waals surface area contributed by atoms with E-state index in [2.05, 4.69) is 15.7 Å². The van der Waals surface area contributed by atoms with Crippen LogP contribution in [0.15, 0.2) is 42.7 Å². The van der Waals surface area contributed by atoms with Gasteiger partial charge in [-0.25, -0.2) is 4.98 Å². The van der Waals surface area contributed by atoms with Crippen LogP contribution in [0.1, 0.15) is 40.1 Å². The van der Waals surface area contributed by atoms with Gasteiger partial charge in [0.2, 0.25) is 5.88 Å². The van der Waals surface area contributed by atoms with Crippen LogP contribution in [0.2, 0.25) is 0 Å². The number of amides is 1. The highest BCUT2D eigenvalue weighted by molar-refractivity contribution is 6.01. The zero-order valence-corrected chi connectivity index (χ0v) is 19.0. The van der Waals surface area contributed by atoms with Crippen molar-refractivity contribution in [2.45, 2.75) is 26.3 Å². The maximum Gasteiger partial charge on any atom is 0.255 e. The van der Waals surface area contributed by atoms with E-state index >= 15 is 0 Å². The number of rotatable bonds is 6. The first-order valence-electron chi connectivity index (χ1n) is 10.9. The van der Waals surface area contributed by atoms with Gasteiger partial charge in [0.25, 0.3) is 5.91 Å². The molecule has 0 spiro atoms. The summed E-state index contributed by atoms with van der Waals surface area (Å²) in [6.07, 6.45) is 4.28. The molecule has 0 saturated carbocycles. The molecule has 1 atom stereocenters. The third-order valence-corrected chi connectivity index (χ3v) is 6.02. The number of aryl methyl sites for hydroxylation is 1. The molecule has 32 heavy (non-hydrogen) atoms. The third kappa shape index (κ3) is 4.25. The fourth-order valence-corrected chi connectivity index (χ4v) is 4.26. The van der Waals surface area contributed by atoms with Gasteiger partial charge in [-0.05, 0) is 36.2 Å². The number of methoxy groups -OCH3 is 1. The smallest absolute Gasteiger partial charge is 0.255 e. The highest BCUT2D eigenvalue weighted by atomic mass is 16.5. The van der Waals surface area contributed by atoms with Crippen LogP contribution in [-0.4, -0.2) is 59.1 Å². The molecule has 1 saturated heterocycles. The van der Waals surface area contributed by atoms with Gasteiger partial charge in [-0.3, -0.25) is 9.59 Å².